The molecule has 2 aromatic carbocycles. The third-order valence-corrected chi connectivity index (χ3v) is 3.90. The van der Waals surface area contributed by atoms with Crippen LogP contribution in [0.1, 0.15) is 5.56 Å². The molecule has 126 valence electrons. The van der Waals surface area contributed by atoms with Crippen LogP contribution in [0.25, 0.3) is 0 Å². The lowest BCUT2D eigenvalue weighted by atomic mass is 10.1. The monoisotopic (exact) mass is 344 g/mol. The quantitative estimate of drug-likeness (QED) is 0.814. The lowest BCUT2D eigenvalue weighted by Crippen LogP contribution is -2.30. The molecule has 1 aliphatic rings. The molecule has 6 heteroatoms. The van der Waals surface area contributed by atoms with E-state index in [1.165, 1.54) is 5.56 Å². The Morgan fingerprint density at radius 3 is 2.58 bits per heavy atom. The van der Waals surface area contributed by atoms with Crippen LogP contribution in [0.15, 0.2) is 42.5 Å². The van der Waals surface area contributed by atoms with Crippen molar-refractivity contribution in [2.75, 3.05) is 32.2 Å². The number of fused-ring (bicyclic) bond motifs is 1. The Morgan fingerprint density at radius 2 is 1.83 bits per heavy atom. The summed E-state index contributed by atoms with van der Waals surface area (Å²) in [5, 5.41) is 6.95. The molecule has 0 spiro atoms. The summed E-state index contributed by atoms with van der Waals surface area (Å²) in [5.74, 6) is 2.45. The van der Waals surface area contributed by atoms with E-state index in [1.807, 2.05) is 36.4 Å². The standard InChI is InChI=1S/C18H20N2O3S/c1-21-15-5-3-14(4-6-15)20-18(24)19-9-8-13-2-7-16-17(12-13)23-11-10-22-16/h2-7,12H,8-11H2,1H3,(H2,19,20,24). The molecule has 0 aromatic heterocycles. The van der Waals surface area contributed by atoms with Crippen LogP contribution in [0.2, 0.25) is 0 Å². The highest BCUT2D eigenvalue weighted by Crippen LogP contribution is 2.30. The minimum absolute atomic E-state index is 0.595. The molecule has 0 saturated heterocycles. The van der Waals surface area contributed by atoms with Crippen molar-refractivity contribution in [3.05, 3.63) is 48.0 Å². The van der Waals surface area contributed by atoms with Gasteiger partial charge in [-0.1, -0.05) is 6.07 Å². The van der Waals surface area contributed by atoms with Gasteiger partial charge in [0.2, 0.25) is 0 Å². The molecule has 0 amide bonds. The first kappa shape index (κ1) is 16.4. The third-order valence-electron chi connectivity index (χ3n) is 3.65. The summed E-state index contributed by atoms with van der Waals surface area (Å²) in [7, 11) is 1.65. The van der Waals surface area contributed by atoms with Gasteiger partial charge in [-0.05, 0) is 60.6 Å². The number of hydrogen-bond acceptors (Lipinski definition) is 4. The van der Waals surface area contributed by atoms with Crippen molar-refractivity contribution < 1.29 is 14.2 Å². The van der Waals surface area contributed by atoms with Crippen LogP contribution >= 0.6 is 12.2 Å². The number of rotatable bonds is 5. The lowest BCUT2D eigenvalue weighted by molar-refractivity contribution is 0.171. The first-order valence-corrected chi connectivity index (χ1v) is 8.23. The zero-order valence-electron chi connectivity index (χ0n) is 13.5. The predicted octanol–water partition coefficient (Wildman–Crippen LogP) is 3.00. The minimum atomic E-state index is 0.595. The molecule has 0 radical (unpaired) electrons. The summed E-state index contributed by atoms with van der Waals surface area (Å²) in [6, 6.07) is 13.7. The molecule has 2 N–H and O–H groups in total. The van der Waals surface area contributed by atoms with Crippen LogP contribution in [0, 0.1) is 0 Å². The summed E-state index contributed by atoms with van der Waals surface area (Å²) >= 11 is 5.31. The van der Waals surface area contributed by atoms with E-state index in [2.05, 4.69) is 16.7 Å². The second kappa shape index (κ2) is 7.88. The van der Waals surface area contributed by atoms with Gasteiger partial charge in [0.15, 0.2) is 16.6 Å². The lowest BCUT2D eigenvalue weighted by Gasteiger charge is -2.19. The smallest absolute Gasteiger partial charge is 0.170 e. The molecule has 0 atom stereocenters. The fraction of sp³-hybridized carbons (Fsp3) is 0.278. The van der Waals surface area contributed by atoms with Crippen LogP contribution in [0.4, 0.5) is 5.69 Å². The van der Waals surface area contributed by atoms with Gasteiger partial charge in [-0.25, -0.2) is 0 Å². The number of thiocarbonyl (C=S) groups is 1. The van der Waals surface area contributed by atoms with E-state index < -0.39 is 0 Å². The molecule has 0 unspecified atom stereocenters. The maximum atomic E-state index is 5.60. The average molecular weight is 344 g/mol. The Bertz CT molecular complexity index is 704. The molecule has 1 aliphatic heterocycles. The largest absolute Gasteiger partial charge is 0.497 e. The molecule has 0 aliphatic carbocycles. The van der Waals surface area contributed by atoms with Gasteiger partial charge in [0.1, 0.15) is 19.0 Å². The van der Waals surface area contributed by atoms with Crippen molar-refractivity contribution in [1.29, 1.82) is 0 Å². The fourth-order valence-electron chi connectivity index (χ4n) is 2.41. The molecule has 0 saturated carbocycles. The van der Waals surface area contributed by atoms with Gasteiger partial charge in [-0.3, -0.25) is 0 Å². The first-order chi connectivity index (χ1) is 11.7. The van der Waals surface area contributed by atoms with Gasteiger partial charge < -0.3 is 24.8 Å². The van der Waals surface area contributed by atoms with E-state index in [-0.39, 0.29) is 0 Å². The van der Waals surface area contributed by atoms with Crippen molar-refractivity contribution in [2.24, 2.45) is 0 Å². The predicted molar refractivity (Wildman–Crippen MR) is 98.4 cm³/mol. The Morgan fingerprint density at radius 1 is 1.08 bits per heavy atom. The number of nitrogens with one attached hydrogen (secondary N) is 2. The molecule has 0 fully saturated rings. The van der Waals surface area contributed by atoms with E-state index in [9.17, 15) is 0 Å². The Kier molecular flexibility index (Phi) is 5.38. The first-order valence-electron chi connectivity index (χ1n) is 7.82. The highest BCUT2D eigenvalue weighted by molar-refractivity contribution is 7.80. The van der Waals surface area contributed by atoms with E-state index in [0.717, 1.165) is 35.9 Å². The molecule has 3 rings (SSSR count). The summed E-state index contributed by atoms with van der Waals surface area (Å²) in [5.41, 5.74) is 2.10. The van der Waals surface area contributed by atoms with E-state index in [1.54, 1.807) is 7.11 Å². The number of benzene rings is 2. The molecule has 5 nitrogen and oxygen atoms in total. The number of hydrogen-bond donors (Lipinski definition) is 2. The molecule has 2 aromatic rings. The number of ether oxygens (including phenoxy) is 3. The SMILES string of the molecule is COc1ccc(NC(=S)NCCc2ccc3c(c2)OCCO3)cc1. The third kappa shape index (κ3) is 4.29. The molecular weight excluding hydrogens is 324 g/mol. The second-order valence-corrected chi connectivity index (χ2v) is 5.75. The van der Waals surface area contributed by atoms with Crippen molar-refractivity contribution in [2.45, 2.75) is 6.42 Å². The van der Waals surface area contributed by atoms with Crippen LogP contribution in [-0.4, -0.2) is 32.0 Å². The van der Waals surface area contributed by atoms with Crippen molar-refractivity contribution >= 4 is 23.0 Å². The topological polar surface area (TPSA) is 51.8 Å². The number of anilines is 1. The van der Waals surface area contributed by atoms with Crippen molar-refractivity contribution in [3.8, 4) is 17.2 Å². The van der Waals surface area contributed by atoms with Crippen LogP contribution in [0.3, 0.4) is 0 Å². The summed E-state index contributed by atoms with van der Waals surface area (Å²) in [6.07, 6.45) is 0.848. The Labute approximate surface area is 146 Å². The normalized spacial score (nSPS) is 12.4. The molecular formula is C18H20N2O3S. The van der Waals surface area contributed by atoms with Crippen LogP contribution < -0.4 is 24.8 Å². The van der Waals surface area contributed by atoms with E-state index >= 15 is 0 Å². The number of methoxy groups -OCH3 is 1. The van der Waals surface area contributed by atoms with E-state index in [0.29, 0.717) is 18.3 Å². The van der Waals surface area contributed by atoms with E-state index in [4.69, 9.17) is 26.4 Å². The maximum Gasteiger partial charge on any atom is 0.170 e. The molecule has 24 heavy (non-hydrogen) atoms. The van der Waals surface area contributed by atoms with Crippen molar-refractivity contribution in [3.63, 3.8) is 0 Å². The Balaban J connectivity index is 1.46. The second-order valence-electron chi connectivity index (χ2n) is 5.34. The van der Waals surface area contributed by atoms with Gasteiger partial charge >= 0.3 is 0 Å². The minimum Gasteiger partial charge on any atom is -0.497 e. The Hall–Kier alpha value is -2.47. The average Bonchev–Trinajstić information content (AvgIpc) is 2.62. The van der Waals surface area contributed by atoms with Gasteiger partial charge in [0.05, 0.1) is 7.11 Å². The maximum absolute atomic E-state index is 5.60. The molecule has 1 heterocycles. The zero-order valence-corrected chi connectivity index (χ0v) is 14.3. The summed E-state index contributed by atoms with van der Waals surface area (Å²) < 4.78 is 16.3. The van der Waals surface area contributed by atoms with Crippen molar-refractivity contribution in [1.82, 2.24) is 5.32 Å². The van der Waals surface area contributed by atoms with Gasteiger partial charge in [-0.2, -0.15) is 0 Å². The highest BCUT2D eigenvalue weighted by Gasteiger charge is 2.11. The fourth-order valence-corrected chi connectivity index (χ4v) is 2.63. The summed E-state index contributed by atoms with van der Waals surface area (Å²) in [6.45, 7) is 1.95. The van der Waals surface area contributed by atoms with Gasteiger partial charge in [0.25, 0.3) is 0 Å². The molecule has 0 bridgehead atoms. The van der Waals surface area contributed by atoms with Crippen LogP contribution in [0.5, 0.6) is 17.2 Å². The zero-order chi connectivity index (χ0) is 16.8. The van der Waals surface area contributed by atoms with Gasteiger partial charge in [-0.15, -0.1) is 0 Å². The van der Waals surface area contributed by atoms with Crippen LogP contribution in [-0.2, 0) is 6.42 Å². The summed E-state index contributed by atoms with van der Waals surface area (Å²) in [4.78, 5) is 0. The van der Waals surface area contributed by atoms with Gasteiger partial charge in [0, 0.05) is 12.2 Å². The highest BCUT2D eigenvalue weighted by atomic mass is 32.1.